The van der Waals surface area contributed by atoms with Crippen LogP contribution in [0.4, 0.5) is 0 Å². The Morgan fingerprint density at radius 2 is 1.81 bits per heavy atom. The van der Waals surface area contributed by atoms with Gasteiger partial charge in [-0.3, -0.25) is 0 Å². The zero-order valence-electron chi connectivity index (χ0n) is 21.6. The second-order valence-electron chi connectivity index (χ2n) is 9.22. The van der Waals surface area contributed by atoms with Crippen molar-refractivity contribution in [1.29, 1.82) is 0 Å². The molecule has 7 heteroatoms. The Balaban J connectivity index is 1.47. The summed E-state index contributed by atoms with van der Waals surface area (Å²) in [6.07, 6.45) is 3.73. The van der Waals surface area contributed by atoms with Gasteiger partial charge in [-0.1, -0.05) is 35.7 Å². The zero-order valence-corrected chi connectivity index (χ0v) is 23.2. The molecule has 0 amide bonds. The molecule has 0 radical (unpaired) electrons. The van der Waals surface area contributed by atoms with Crippen LogP contribution in [0.25, 0.3) is 0 Å². The van der Waals surface area contributed by atoms with Crippen LogP contribution in [0.1, 0.15) is 68.5 Å². The van der Waals surface area contributed by atoms with E-state index in [0.717, 1.165) is 69.8 Å². The molecule has 0 aromatic heterocycles. The molecule has 2 aliphatic rings. The van der Waals surface area contributed by atoms with Crippen LogP contribution >= 0.6 is 15.9 Å². The van der Waals surface area contributed by atoms with Gasteiger partial charge in [0.05, 0.1) is 32.1 Å². The molecule has 0 saturated carbocycles. The molecular weight excluding hydrogens is 532 g/mol. The fraction of sp³-hybridized carbons (Fsp3) is 0.367. The van der Waals surface area contributed by atoms with Crippen molar-refractivity contribution >= 4 is 21.6 Å². The van der Waals surface area contributed by atoms with E-state index in [0.29, 0.717) is 19.0 Å². The molecule has 37 heavy (non-hydrogen) atoms. The molecule has 2 heterocycles. The number of nitrogens with zero attached hydrogens (tertiary/aromatic N) is 2. The molecule has 3 aromatic rings. The van der Waals surface area contributed by atoms with Crippen molar-refractivity contribution in [2.75, 3.05) is 20.3 Å². The zero-order chi connectivity index (χ0) is 25.8. The maximum absolute atomic E-state index is 6.56. The molecule has 6 nitrogen and oxygen atoms in total. The lowest BCUT2D eigenvalue weighted by molar-refractivity contribution is -0.0192. The van der Waals surface area contributed by atoms with Gasteiger partial charge in [-0.25, -0.2) is 5.01 Å². The molecule has 3 aromatic carbocycles. The van der Waals surface area contributed by atoms with Gasteiger partial charge in [0, 0.05) is 22.0 Å². The van der Waals surface area contributed by atoms with Gasteiger partial charge in [-0.2, -0.15) is 5.10 Å². The van der Waals surface area contributed by atoms with Gasteiger partial charge >= 0.3 is 0 Å². The minimum atomic E-state index is -0.387. The van der Waals surface area contributed by atoms with Crippen molar-refractivity contribution in [1.82, 2.24) is 5.01 Å². The summed E-state index contributed by atoms with van der Waals surface area (Å²) in [4.78, 5) is 0. The first-order chi connectivity index (χ1) is 18.1. The number of hydrogen-bond donors (Lipinski definition) is 0. The summed E-state index contributed by atoms with van der Waals surface area (Å²) < 4.78 is 24.9. The summed E-state index contributed by atoms with van der Waals surface area (Å²) in [7, 11) is 1.67. The molecular formula is C30H33BrN2O4. The number of methoxy groups -OCH3 is 1. The molecule has 0 fully saturated rings. The minimum absolute atomic E-state index is 0.0591. The van der Waals surface area contributed by atoms with Crippen molar-refractivity contribution in [3.05, 3.63) is 81.8 Å². The Kier molecular flexibility index (Phi) is 7.89. The first kappa shape index (κ1) is 25.5. The normalized spacial score (nSPS) is 17.9. The lowest BCUT2D eigenvalue weighted by atomic mass is 9.96. The summed E-state index contributed by atoms with van der Waals surface area (Å²) in [6, 6.07) is 20.4. The fourth-order valence-corrected chi connectivity index (χ4v) is 5.23. The highest BCUT2D eigenvalue weighted by atomic mass is 79.9. The van der Waals surface area contributed by atoms with E-state index in [1.54, 1.807) is 7.11 Å². The highest BCUT2D eigenvalue weighted by Gasteiger charge is 2.41. The van der Waals surface area contributed by atoms with Crippen molar-refractivity contribution in [2.24, 2.45) is 5.10 Å². The minimum Gasteiger partial charge on any atom is -0.494 e. The van der Waals surface area contributed by atoms with Crippen LogP contribution in [0.3, 0.4) is 0 Å². The molecule has 0 spiro atoms. The van der Waals surface area contributed by atoms with E-state index in [2.05, 4.69) is 46.1 Å². The van der Waals surface area contributed by atoms with Gasteiger partial charge in [0.1, 0.15) is 11.5 Å². The van der Waals surface area contributed by atoms with Crippen LogP contribution in [0.15, 0.2) is 70.2 Å². The maximum Gasteiger partial charge on any atom is 0.214 e. The largest absolute Gasteiger partial charge is 0.494 e. The van der Waals surface area contributed by atoms with Crippen LogP contribution in [-0.2, 0) is 0 Å². The van der Waals surface area contributed by atoms with Gasteiger partial charge in [-0.05, 0) is 79.6 Å². The molecule has 0 aliphatic carbocycles. The van der Waals surface area contributed by atoms with Gasteiger partial charge in [0.15, 0.2) is 11.5 Å². The Hall–Kier alpha value is -3.19. The van der Waals surface area contributed by atoms with E-state index in [1.165, 1.54) is 0 Å². The summed E-state index contributed by atoms with van der Waals surface area (Å²) in [5.41, 5.74) is 4.20. The van der Waals surface area contributed by atoms with E-state index >= 15 is 0 Å². The lowest BCUT2D eigenvalue weighted by Crippen LogP contribution is -2.33. The fourth-order valence-electron chi connectivity index (χ4n) is 4.85. The number of ether oxygens (including phenoxy) is 4. The summed E-state index contributed by atoms with van der Waals surface area (Å²) >= 11 is 3.63. The second-order valence-corrected chi connectivity index (χ2v) is 10.1. The molecule has 5 rings (SSSR count). The second kappa shape index (κ2) is 11.5. The first-order valence-electron chi connectivity index (χ1n) is 13.0. The van der Waals surface area contributed by atoms with E-state index in [1.807, 2.05) is 49.4 Å². The third-order valence-electron chi connectivity index (χ3n) is 6.73. The van der Waals surface area contributed by atoms with E-state index < -0.39 is 0 Å². The van der Waals surface area contributed by atoms with Crippen LogP contribution in [-0.4, -0.2) is 31.0 Å². The predicted molar refractivity (Wildman–Crippen MR) is 149 cm³/mol. The van der Waals surface area contributed by atoms with E-state index in [9.17, 15) is 0 Å². The van der Waals surface area contributed by atoms with Crippen molar-refractivity contribution in [3.63, 3.8) is 0 Å². The van der Waals surface area contributed by atoms with Gasteiger partial charge in [-0.15, -0.1) is 0 Å². The quantitative estimate of drug-likeness (QED) is 0.236. The van der Waals surface area contributed by atoms with Gasteiger partial charge in [0.25, 0.3) is 0 Å². The highest BCUT2D eigenvalue weighted by molar-refractivity contribution is 9.10. The molecule has 0 unspecified atom stereocenters. The highest BCUT2D eigenvalue weighted by Crippen LogP contribution is 2.49. The van der Waals surface area contributed by atoms with Crippen LogP contribution in [0, 0.1) is 0 Å². The monoisotopic (exact) mass is 564 g/mol. The molecule has 0 N–H and O–H groups in total. The molecule has 0 bridgehead atoms. The van der Waals surface area contributed by atoms with Crippen molar-refractivity contribution in [2.45, 2.75) is 51.8 Å². The number of hydrogen-bond acceptors (Lipinski definition) is 6. The van der Waals surface area contributed by atoms with Gasteiger partial charge < -0.3 is 18.9 Å². The SMILES string of the molecule is CCCCCOc1ccc([C@H]2Oc3ccc(Br)cc3[C@@H]3CC(c4ccc(OCC)cc4)=NN23)cc1OC. The summed E-state index contributed by atoms with van der Waals surface area (Å²) in [5, 5.41) is 7.17. The number of rotatable bonds is 10. The average molecular weight is 566 g/mol. The third kappa shape index (κ3) is 5.42. The van der Waals surface area contributed by atoms with Crippen LogP contribution < -0.4 is 18.9 Å². The third-order valence-corrected chi connectivity index (χ3v) is 7.22. The Morgan fingerprint density at radius 1 is 0.973 bits per heavy atom. The number of unbranched alkanes of at least 4 members (excludes halogenated alkanes) is 2. The van der Waals surface area contributed by atoms with E-state index in [4.69, 9.17) is 24.0 Å². The summed E-state index contributed by atoms with van der Waals surface area (Å²) in [5.74, 6) is 3.18. The standard InChI is InChI=1S/C30H33BrN2O4/c1-4-6-7-16-36-28-14-10-21(17-29(28)34-3)30-33-26(24-18-22(31)11-15-27(24)37-30)19-25(32-33)20-8-12-23(13-9-20)35-5-2/h8-15,17-18,26,30H,4-7,16,19H2,1-3H3/t26-,30+/m0/s1. The summed E-state index contributed by atoms with van der Waals surface area (Å²) in [6.45, 7) is 5.50. The maximum atomic E-state index is 6.56. The molecule has 0 saturated heterocycles. The Bertz CT molecular complexity index is 1260. The Labute approximate surface area is 227 Å². The van der Waals surface area contributed by atoms with Gasteiger partial charge in [0.2, 0.25) is 6.23 Å². The number of benzene rings is 3. The van der Waals surface area contributed by atoms with Crippen molar-refractivity contribution < 1.29 is 18.9 Å². The number of hydrazone groups is 1. The lowest BCUT2D eigenvalue weighted by Gasteiger charge is -2.38. The van der Waals surface area contributed by atoms with Crippen LogP contribution in [0.5, 0.6) is 23.0 Å². The number of fused-ring (bicyclic) bond motifs is 3. The predicted octanol–water partition coefficient (Wildman–Crippen LogP) is 7.67. The average Bonchev–Trinajstić information content (AvgIpc) is 3.37. The molecule has 194 valence electrons. The Morgan fingerprint density at radius 3 is 2.57 bits per heavy atom. The molecule has 2 atom stereocenters. The smallest absolute Gasteiger partial charge is 0.214 e. The first-order valence-corrected chi connectivity index (χ1v) is 13.8. The van der Waals surface area contributed by atoms with E-state index in [-0.39, 0.29) is 12.3 Å². The van der Waals surface area contributed by atoms with Crippen LogP contribution in [0.2, 0.25) is 0 Å². The topological polar surface area (TPSA) is 52.5 Å². The van der Waals surface area contributed by atoms with Crippen molar-refractivity contribution in [3.8, 4) is 23.0 Å². The molecule has 2 aliphatic heterocycles. The number of halogens is 1.